The molecule has 0 fully saturated rings. The number of halogens is 3. The first-order chi connectivity index (χ1) is 12.0. The highest BCUT2D eigenvalue weighted by Gasteiger charge is 2.11. The molecule has 0 atom stereocenters. The second-order valence-corrected chi connectivity index (χ2v) is 13.6. The second-order valence-electron chi connectivity index (χ2n) is 6.11. The number of aromatic amines is 1. The number of aryl methyl sites for hydroxylation is 2. The maximum absolute atomic E-state index is 12.3. The zero-order valence-corrected chi connectivity index (χ0v) is 18.6. The van der Waals surface area contributed by atoms with Gasteiger partial charge in [-0.1, -0.05) is 19.9 Å². The minimum atomic E-state index is -3.22. The Labute approximate surface area is 170 Å². The maximum Gasteiger partial charge on any atom is 0.339 e. The molecule has 0 radical (unpaired) electrons. The highest BCUT2D eigenvalue weighted by atomic mass is 36.0. The lowest BCUT2D eigenvalue weighted by Gasteiger charge is -2.07. The third-order valence-corrected chi connectivity index (χ3v) is 4.77. The third-order valence-electron chi connectivity index (χ3n) is 3.88. The van der Waals surface area contributed by atoms with Gasteiger partial charge in [-0.15, -0.1) is 11.3 Å². The number of fused-ring (bicyclic) bond motifs is 1. The van der Waals surface area contributed by atoms with E-state index in [0.29, 0.717) is 5.92 Å². The van der Waals surface area contributed by atoms with E-state index in [2.05, 4.69) is 69.8 Å². The summed E-state index contributed by atoms with van der Waals surface area (Å²) in [7, 11) is 0. The molecule has 0 unspecified atom stereocenters. The van der Waals surface area contributed by atoms with Gasteiger partial charge >= 0.3 is 5.20 Å². The first-order valence-corrected chi connectivity index (χ1v) is 13.1. The fourth-order valence-corrected chi connectivity index (χ4v) is 3.30. The summed E-state index contributed by atoms with van der Waals surface area (Å²) in [6.07, 6.45) is 0. The Hall–Kier alpha value is -0.840. The number of hydrogen-bond acceptors (Lipinski definition) is 4. The standard InChI is InChI=1S/C17H18N2OS.Cl3OP/c1-9(2)14-8-21-17(19-14)13-7-15(20)12-6-5-10(3)11(4)16(12)18-13;1-5(2,3)4/h5-9H,1-4H3,(H,18,20);. The molecule has 0 aliphatic heterocycles. The van der Waals surface area contributed by atoms with E-state index >= 15 is 0 Å². The van der Waals surface area contributed by atoms with Crippen molar-refractivity contribution in [1.82, 2.24) is 9.97 Å². The molecule has 2 heterocycles. The van der Waals surface area contributed by atoms with Crippen LogP contribution in [0.2, 0.25) is 0 Å². The van der Waals surface area contributed by atoms with E-state index in [9.17, 15) is 9.36 Å². The van der Waals surface area contributed by atoms with E-state index in [1.165, 1.54) is 5.56 Å². The van der Waals surface area contributed by atoms with Gasteiger partial charge in [-0.3, -0.25) is 9.36 Å². The van der Waals surface area contributed by atoms with Gasteiger partial charge in [-0.2, -0.15) is 0 Å². The summed E-state index contributed by atoms with van der Waals surface area (Å²) in [5.74, 6) is 0.395. The van der Waals surface area contributed by atoms with Crippen LogP contribution < -0.4 is 5.43 Å². The van der Waals surface area contributed by atoms with Gasteiger partial charge < -0.3 is 4.98 Å². The topological polar surface area (TPSA) is 62.8 Å². The van der Waals surface area contributed by atoms with E-state index in [4.69, 9.17) is 0 Å². The molecule has 4 nitrogen and oxygen atoms in total. The summed E-state index contributed by atoms with van der Waals surface area (Å²) in [4.78, 5) is 20.4. The molecule has 0 aliphatic carbocycles. The lowest BCUT2D eigenvalue weighted by atomic mass is 10.0. The summed E-state index contributed by atoms with van der Waals surface area (Å²) in [5.41, 5.74) is 5.13. The number of hydrogen-bond donors (Lipinski definition) is 1. The van der Waals surface area contributed by atoms with Crippen molar-refractivity contribution in [3.8, 4) is 10.7 Å². The van der Waals surface area contributed by atoms with E-state index < -0.39 is 5.20 Å². The molecule has 3 rings (SSSR count). The van der Waals surface area contributed by atoms with Crippen molar-refractivity contribution in [2.45, 2.75) is 33.6 Å². The molecule has 1 N–H and O–H groups in total. The molecule has 1 aromatic carbocycles. The van der Waals surface area contributed by atoms with E-state index in [1.54, 1.807) is 17.4 Å². The first kappa shape index (κ1) is 21.5. The Morgan fingerprint density at radius 1 is 1.19 bits per heavy atom. The van der Waals surface area contributed by atoms with Gasteiger partial charge in [0.15, 0.2) is 5.43 Å². The zero-order valence-electron chi connectivity index (χ0n) is 14.6. The van der Waals surface area contributed by atoms with Gasteiger partial charge in [0.2, 0.25) is 0 Å². The van der Waals surface area contributed by atoms with Gasteiger partial charge in [0.25, 0.3) is 0 Å². The minimum Gasteiger partial charge on any atom is -0.352 e. The molecule has 9 heteroatoms. The summed E-state index contributed by atoms with van der Waals surface area (Å²) < 4.78 is 9.51. The number of aromatic nitrogens is 2. The molecular weight excluding hydrogens is 434 g/mol. The van der Waals surface area contributed by atoms with Gasteiger partial charge in [0.05, 0.1) is 16.9 Å². The monoisotopic (exact) mass is 450 g/mol. The normalized spacial score (nSPS) is 11.5. The van der Waals surface area contributed by atoms with Crippen LogP contribution in [0.25, 0.3) is 21.6 Å². The number of nitrogens with one attached hydrogen (secondary N) is 1. The van der Waals surface area contributed by atoms with E-state index in [1.807, 2.05) is 19.1 Å². The van der Waals surface area contributed by atoms with Crippen molar-refractivity contribution in [2.75, 3.05) is 0 Å². The average Bonchev–Trinajstić information content (AvgIpc) is 2.99. The summed E-state index contributed by atoms with van der Waals surface area (Å²) in [6, 6.07) is 5.54. The number of benzene rings is 1. The van der Waals surface area contributed by atoms with Crippen molar-refractivity contribution in [3.05, 3.63) is 50.6 Å². The van der Waals surface area contributed by atoms with Crippen molar-refractivity contribution < 1.29 is 4.57 Å². The highest BCUT2D eigenvalue weighted by molar-refractivity contribution is 8.24. The Bertz CT molecular complexity index is 1030. The summed E-state index contributed by atoms with van der Waals surface area (Å²) in [5, 5.41) is 0.451. The molecule has 0 spiro atoms. The number of nitrogens with zero attached hydrogens (tertiary/aromatic N) is 1. The van der Waals surface area contributed by atoms with Crippen molar-refractivity contribution in [1.29, 1.82) is 0 Å². The van der Waals surface area contributed by atoms with Crippen LogP contribution in [0, 0.1) is 13.8 Å². The molecular formula is C17H18Cl3N2O2PS. The number of rotatable bonds is 2. The van der Waals surface area contributed by atoms with E-state index in [-0.39, 0.29) is 5.43 Å². The van der Waals surface area contributed by atoms with Gasteiger partial charge in [0.1, 0.15) is 5.01 Å². The number of H-pyrrole nitrogens is 1. The molecule has 0 saturated heterocycles. The van der Waals surface area contributed by atoms with Crippen molar-refractivity contribution >= 4 is 61.2 Å². The first-order valence-electron chi connectivity index (χ1n) is 7.75. The van der Waals surface area contributed by atoms with Crippen LogP contribution in [0.15, 0.2) is 28.4 Å². The molecule has 3 aromatic rings. The summed E-state index contributed by atoms with van der Waals surface area (Å²) in [6.45, 7) is 8.34. The van der Waals surface area contributed by atoms with Crippen LogP contribution >= 0.6 is 50.3 Å². The molecule has 0 amide bonds. The lowest BCUT2D eigenvalue weighted by molar-refractivity contribution is 0.600. The SMILES string of the molecule is Cc1ccc2c(=O)cc(-c3nc(C(C)C)cs3)[nH]c2c1C.O=P(Cl)(Cl)Cl. The summed E-state index contributed by atoms with van der Waals surface area (Å²) >= 11 is 15.4. The zero-order chi connectivity index (χ0) is 19.6. The van der Waals surface area contributed by atoms with Crippen molar-refractivity contribution in [3.63, 3.8) is 0 Å². The smallest absolute Gasteiger partial charge is 0.339 e. The molecule has 0 bridgehead atoms. The number of thiazole rings is 1. The second kappa shape index (κ2) is 8.45. The largest absolute Gasteiger partial charge is 0.352 e. The maximum atomic E-state index is 12.3. The van der Waals surface area contributed by atoms with Crippen LogP contribution in [0.1, 0.15) is 36.6 Å². The van der Waals surface area contributed by atoms with Crippen molar-refractivity contribution in [2.24, 2.45) is 0 Å². The Morgan fingerprint density at radius 2 is 1.81 bits per heavy atom. The molecule has 2 aromatic heterocycles. The Balaban J connectivity index is 0.000000431. The van der Waals surface area contributed by atoms with Crippen LogP contribution in [0.5, 0.6) is 0 Å². The third kappa shape index (κ3) is 5.58. The fraction of sp³-hybridized carbons (Fsp3) is 0.294. The van der Waals surface area contributed by atoms with Gasteiger partial charge in [0, 0.05) is 16.8 Å². The van der Waals surface area contributed by atoms with Crippen LogP contribution in [0.4, 0.5) is 0 Å². The van der Waals surface area contributed by atoms with Gasteiger partial charge in [-0.05, 0) is 70.7 Å². The lowest BCUT2D eigenvalue weighted by Crippen LogP contribution is -2.04. The molecule has 26 heavy (non-hydrogen) atoms. The van der Waals surface area contributed by atoms with Crippen LogP contribution in [0.3, 0.4) is 0 Å². The van der Waals surface area contributed by atoms with E-state index in [0.717, 1.165) is 32.9 Å². The molecule has 0 saturated carbocycles. The highest BCUT2D eigenvalue weighted by Crippen LogP contribution is 2.61. The quantitative estimate of drug-likeness (QED) is 0.419. The fourth-order valence-electron chi connectivity index (χ4n) is 2.35. The Morgan fingerprint density at radius 3 is 2.35 bits per heavy atom. The predicted octanol–water partition coefficient (Wildman–Crippen LogP) is 7.20. The minimum absolute atomic E-state index is 0.0446. The molecule has 140 valence electrons. The van der Waals surface area contributed by atoms with Crippen LogP contribution in [-0.4, -0.2) is 9.97 Å². The van der Waals surface area contributed by atoms with Gasteiger partial charge in [-0.25, -0.2) is 4.98 Å². The Kier molecular flexibility index (Phi) is 6.98. The predicted molar refractivity (Wildman–Crippen MR) is 114 cm³/mol. The average molecular weight is 452 g/mol. The number of pyridine rings is 1. The van der Waals surface area contributed by atoms with Crippen LogP contribution in [-0.2, 0) is 4.57 Å². The molecule has 0 aliphatic rings.